The van der Waals surface area contributed by atoms with Crippen LogP contribution < -0.4 is 10.1 Å². The van der Waals surface area contributed by atoms with Crippen LogP contribution in [0.5, 0.6) is 5.75 Å². The third-order valence-corrected chi connectivity index (χ3v) is 3.58. The Morgan fingerprint density at radius 3 is 3.05 bits per heavy atom. The van der Waals surface area contributed by atoms with Gasteiger partial charge in [-0.15, -0.1) is 0 Å². The van der Waals surface area contributed by atoms with Gasteiger partial charge in [-0.1, -0.05) is 17.7 Å². The molecule has 19 heavy (non-hydrogen) atoms. The van der Waals surface area contributed by atoms with Crippen molar-refractivity contribution < 1.29 is 9.15 Å². The van der Waals surface area contributed by atoms with Crippen LogP contribution in [0.2, 0.25) is 0 Å². The maximum absolute atomic E-state index is 5.94. The van der Waals surface area contributed by atoms with Gasteiger partial charge in [0.25, 0.3) is 0 Å². The van der Waals surface area contributed by atoms with Crippen molar-refractivity contribution in [1.82, 2.24) is 5.32 Å². The number of fused-ring (bicyclic) bond motifs is 1. The fraction of sp³-hybridized carbons (Fsp3) is 0.375. The smallest absolute Gasteiger partial charge is 0.123 e. The second-order valence-corrected chi connectivity index (χ2v) is 5.20. The van der Waals surface area contributed by atoms with Gasteiger partial charge in [-0.2, -0.15) is 0 Å². The summed E-state index contributed by atoms with van der Waals surface area (Å²) < 4.78 is 11.3. The van der Waals surface area contributed by atoms with Gasteiger partial charge in [0.2, 0.25) is 0 Å². The molecular formula is C16H19NO2. The van der Waals surface area contributed by atoms with Crippen molar-refractivity contribution in [1.29, 1.82) is 0 Å². The van der Waals surface area contributed by atoms with Crippen LogP contribution in [0.1, 0.15) is 29.9 Å². The molecule has 1 aliphatic rings. The van der Waals surface area contributed by atoms with Crippen molar-refractivity contribution in [3.8, 4) is 5.75 Å². The predicted octanol–water partition coefficient (Wildman–Crippen LogP) is 3.24. The van der Waals surface area contributed by atoms with Gasteiger partial charge in [0.05, 0.1) is 12.3 Å². The van der Waals surface area contributed by atoms with Gasteiger partial charge in [-0.3, -0.25) is 0 Å². The molecule has 100 valence electrons. The number of aryl methyl sites for hydroxylation is 1. The first kappa shape index (κ1) is 12.3. The molecular weight excluding hydrogens is 238 g/mol. The lowest BCUT2D eigenvalue weighted by atomic mass is 10.1. The molecule has 0 spiro atoms. The van der Waals surface area contributed by atoms with Gasteiger partial charge in [0.15, 0.2) is 0 Å². The van der Waals surface area contributed by atoms with Crippen molar-refractivity contribution in [3.63, 3.8) is 0 Å². The van der Waals surface area contributed by atoms with E-state index in [-0.39, 0.29) is 12.1 Å². The van der Waals surface area contributed by atoms with E-state index in [0.717, 1.165) is 24.5 Å². The van der Waals surface area contributed by atoms with Gasteiger partial charge >= 0.3 is 0 Å². The third-order valence-electron chi connectivity index (χ3n) is 3.58. The van der Waals surface area contributed by atoms with Gasteiger partial charge in [-0.05, 0) is 37.6 Å². The van der Waals surface area contributed by atoms with Crippen LogP contribution in [0.3, 0.4) is 0 Å². The second kappa shape index (κ2) is 5.10. The zero-order chi connectivity index (χ0) is 13.2. The molecule has 1 aromatic heterocycles. The average molecular weight is 257 g/mol. The van der Waals surface area contributed by atoms with Gasteiger partial charge < -0.3 is 14.5 Å². The molecule has 2 heterocycles. The van der Waals surface area contributed by atoms with Crippen LogP contribution in [0.4, 0.5) is 0 Å². The summed E-state index contributed by atoms with van der Waals surface area (Å²) >= 11 is 0. The van der Waals surface area contributed by atoms with E-state index in [1.807, 2.05) is 12.1 Å². The maximum Gasteiger partial charge on any atom is 0.123 e. The topological polar surface area (TPSA) is 34.4 Å². The van der Waals surface area contributed by atoms with Crippen LogP contribution in [0.25, 0.3) is 0 Å². The zero-order valence-corrected chi connectivity index (χ0v) is 11.3. The fourth-order valence-corrected chi connectivity index (χ4v) is 2.51. The summed E-state index contributed by atoms with van der Waals surface area (Å²) in [7, 11) is 0. The van der Waals surface area contributed by atoms with Gasteiger partial charge in [0, 0.05) is 13.0 Å². The summed E-state index contributed by atoms with van der Waals surface area (Å²) in [5, 5.41) is 3.46. The number of ether oxygens (including phenoxy) is 1. The molecule has 1 aromatic carbocycles. The van der Waals surface area contributed by atoms with E-state index in [9.17, 15) is 0 Å². The quantitative estimate of drug-likeness (QED) is 0.913. The average Bonchev–Trinajstić information content (AvgIpc) is 3.04. The molecule has 0 radical (unpaired) electrons. The molecule has 3 heteroatoms. The summed E-state index contributed by atoms with van der Waals surface area (Å²) in [6.45, 7) is 5.05. The van der Waals surface area contributed by atoms with E-state index in [1.165, 1.54) is 11.1 Å². The summed E-state index contributed by atoms with van der Waals surface area (Å²) in [4.78, 5) is 0. The largest absolute Gasteiger partial charge is 0.488 e. The molecule has 0 fully saturated rings. The maximum atomic E-state index is 5.94. The number of hydrogen-bond acceptors (Lipinski definition) is 3. The SMILES string of the molecule is Cc1ccc2c(c1)CC(CNC(C)c1ccco1)O2. The molecule has 0 bridgehead atoms. The molecule has 3 rings (SSSR count). The number of rotatable bonds is 4. The van der Waals surface area contributed by atoms with E-state index in [4.69, 9.17) is 9.15 Å². The van der Waals surface area contributed by atoms with Crippen molar-refractivity contribution in [2.75, 3.05) is 6.54 Å². The van der Waals surface area contributed by atoms with E-state index in [2.05, 4.69) is 37.4 Å². The Balaban J connectivity index is 1.56. The van der Waals surface area contributed by atoms with Crippen molar-refractivity contribution in [2.45, 2.75) is 32.4 Å². The zero-order valence-electron chi connectivity index (χ0n) is 11.3. The standard InChI is InChI=1S/C16H19NO2/c1-11-5-6-16-13(8-11)9-14(19-16)10-17-12(2)15-4-3-7-18-15/h3-8,12,14,17H,9-10H2,1-2H3. The van der Waals surface area contributed by atoms with Gasteiger partial charge in [-0.25, -0.2) is 0 Å². The Bertz CT molecular complexity index is 548. The van der Waals surface area contributed by atoms with E-state index in [0.29, 0.717) is 0 Å². The minimum Gasteiger partial charge on any atom is -0.488 e. The molecule has 0 saturated carbocycles. The minimum absolute atomic E-state index is 0.212. The summed E-state index contributed by atoms with van der Waals surface area (Å²) in [5.41, 5.74) is 2.61. The highest BCUT2D eigenvalue weighted by Gasteiger charge is 2.23. The molecule has 1 aliphatic heterocycles. The van der Waals surface area contributed by atoms with Crippen LogP contribution in [-0.2, 0) is 6.42 Å². The summed E-state index contributed by atoms with van der Waals surface area (Å²) in [6, 6.07) is 10.5. The predicted molar refractivity (Wildman–Crippen MR) is 74.4 cm³/mol. The first-order valence-electron chi connectivity index (χ1n) is 6.75. The fourth-order valence-electron chi connectivity index (χ4n) is 2.51. The summed E-state index contributed by atoms with van der Waals surface area (Å²) in [6.07, 6.45) is 2.90. The lowest BCUT2D eigenvalue weighted by molar-refractivity contribution is 0.220. The lowest BCUT2D eigenvalue weighted by Crippen LogP contribution is -2.31. The molecule has 3 nitrogen and oxygen atoms in total. The molecule has 0 saturated heterocycles. The van der Waals surface area contributed by atoms with Gasteiger partial charge in [0.1, 0.15) is 17.6 Å². The highest BCUT2D eigenvalue weighted by atomic mass is 16.5. The Hall–Kier alpha value is -1.74. The molecule has 0 amide bonds. The highest BCUT2D eigenvalue weighted by molar-refractivity contribution is 5.40. The Morgan fingerprint density at radius 1 is 1.37 bits per heavy atom. The summed E-state index contributed by atoms with van der Waals surface area (Å²) in [5.74, 6) is 1.99. The van der Waals surface area contributed by atoms with Crippen molar-refractivity contribution in [3.05, 3.63) is 53.5 Å². The monoisotopic (exact) mass is 257 g/mol. The van der Waals surface area contributed by atoms with E-state index >= 15 is 0 Å². The van der Waals surface area contributed by atoms with Crippen LogP contribution in [0, 0.1) is 6.92 Å². The molecule has 2 unspecified atom stereocenters. The second-order valence-electron chi connectivity index (χ2n) is 5.20. The molecule has 0 aliphatic carbocycles. The third kappa shape index (κ3) is 2.66. The van der Waals surface area contributed by atoms with Crippen molar-refractivity contribution in [2.24, 2.45) is 0 Å². The van der Waals surface area contributed by atoms with Crippen LogP contribution >= 0.6 is 0 Å². The lowest BCUT2D eigenvalue weighted by Gasteiger charge is -2.15. The highest BCUT2D eigenvalue weighted by Crippen LogP contribution is 2.29. The molecule has 2 aromatic rings. The molecule has 1 N–H and O–H groups in total. The van der Waals surface area contributed by atoms with E-state index < -0.39 is 0 Å². The first-order chi connectivity index (χ1) is 9.22. The van der Waals surface area contributed by atoms with Crippen molar-refractivity contribution >= 4 is 0 Å². The normalized spacial score (nSPS) is 18.9. The Kier molecular flexibility index (Phi) is 3.30. The minimum atomic E-state index is 0.212. The Labute approximate surface area is 113 Å². The number of furan rings is 1. The number of hydrogen-bond donors (Lipinski definition) is 1. The molecule has 2 atom stereocenters. The van der Waals surface area contributed by atoms with Crippen LogP contribution in [-0.4, -0.2) is 12.6 Å². The van der Waals surface area contributed by atoms with E-state index in [1.54, 1.807) is 6.26 Å². The Morgan fingerprint density at radius 2 is 2.26 bits per heavy atom. The van der Waals surface area contributed by atoms with Crippen LogP contribution in [0.15, 0.2) is 41.0 Å². The number of benzene rings is 1. The number of nitrogens with one attached hydrogen (secondary N) is 1. The first-order valence-corrected chi connectivity index (χ1v) is 6.75.